The predicted molar refractivity (Wildman–Crippen MR) is 86.5 cm³/mol. The van der Waals surface area contributed by atoms with Crippen LogP contribution in [0, 0.1) is 32.6 Å². The van der Waals surface area contributed by atoms with E-state index in [0.717, 1.165) is 18.8 Å². The molecule has 4 heteroatoms. The normalized spacial score (nSPS) is 20.2. The molecule has 2 rings (SSSR count). The van der Waals surface area contributed by atoms with E-state index in [1.54, 1.807) is 0 Å². The number of Topliss-reactive ketones (excluding diaryl/α,β-unsaturated/α-hetero) is 1. The molecular weight excluding hydrogens is 280 g/mol. The molecule has 2 N–H and O–H groups in total. The molecule has 0 bridgehead atoms. The molecule has 22 heavy (non-hydrogen) atoms. The summed E-state index contributed by atoms with van der Waals surface area (Å²) in [5, 5.41) is 13.9. The number of carbonyl (C=O) groups excluding carboxylic acids is 1. The van der Waals surface area contributed by atoms with Gasteiger partial charge in [0.05, 0.1) is 0 Å². The molecule has 0 aromatic heterocycles. The highest BCUT2D eigenvalue weighted by molar-refractivity contribution is 5.84. The smallest absolute Gasteiger partial charge is 0.450 e. The Morgan fingerprint density at radius 1 is 1.09 bits per heavy atom. The Balaban J connectivity index is 0.000000541. The van der Waals surface area contributed by atoms with Crippen molar-refractivity contribution in [1.82, 2.24) is 0 Å². The molecule has 0 saturated heterocycles. The predicted octanol–water partition coefficient (Wildman–Crippen LogP) is 4.38. The fourth-order valence-electron chi connectivity index (χ4n) is 3.31. The summed E-state index contributed by atoms with van der Waals surface area (Å²) < 4.78 is 0. The zero-order chi connectivity index (χ0) is 16.9. The summed E-state index contributed by atoms with van der Waals surface area (Å²) in [6.07, 6.45) is 2.23. The van der Waals surface area contributed by atoms with Gasteiger partial charge in [0.25, 0.3) is 0 Å². The quantitative estimate of drug-likeness (QED) is 0.869. The first-order valence-electron chi connectivity index (χ1n) is 7.72. The lowest BCUT2D eigenvalue weighted by Crippen LogP contribution is -2.15. The van der Waals surface area contributed by atoms with Crippen molar-refractivity contribution in [3.63, 3.8) is 0 Å². The van der Waals surface area contributed by atoms with E-state index < -0.39 is 6.16 Å². The summed E-state index contributed by atoms with van der Waals surface area (Å²) in [5.41, 5.74) is 5.08. The third-order valence-electron chi connectivity index (χ3n) is 4.34. The van der Waals surface area contributed by atoms with Gasteiger partial charge in [-0.2, -0.15) is 0 Å². The van der Waals surface area contributed by atoms with Gasteiger partial charge >= 0.3 is 6.16 Å². The van der Waals surface area contributed by atoms with Gasteiger partial charge in [-0.3, -0.25) is 4.79 Å². The molecule has 1 aromatic carbocycles. The van der Waals surface area contributed by atoms with Crippen LogP contribution in [-0.4, -0.2) is 22.2 Å². The highest BCUT2D eigenvalue weighted by Crippen LogP contribution is 2.32. The van der Waals surface area contributed by atoms with Crippen molar-refractivity contribution in [2.45, 2.75) is 53.4 Å². The fourth-order valence-corrected chi connectivity index (χ4v) is 3.31. The standard InChI is InChI=1S/C17H24O.CH2O3/c1-11-5-6-15(9-11)17(18)10-16-13(3)7-12(2)8-14(16)4;2-1(3)4/h7-8,11,15H,5-6,9-10H2,1-4H3;(H2,2,3,4). The van der Waals surface area contributed by atoms with Crippen LogP contribution in [0.3, 0.4) is 0 Å². The number of hydrogen-bond donors (Lipinski definition) is 2. The van der Waals surface area contributed by atoms with E-state index in [1.807, 2.05) is 0 Å². The molecule has 2 unspecified atom stereocenters. The maximum absolute atomic E-state index is 12.3. The SMILES string of the molecule is Cc1cc(C)c(CC(=O)C2CCC(C)C2)c(C)c1.O=C(O)O. The Morgan fingerprint density at radius 2 is 1.59 bits per heavy atom. The molecule has 0 heterocycles. The van der Waals surface area contributed by atoms with Crippen LogP contribution in [0.4, 0.5) is 4.79 Å². The van der Waals surface area contributed by atoms with Crippen molar-refractivity contribution >= 4 is 11.9 Å². The average Bonchev–Trinajstić information content (AvgIpc) is 2.79. The van der Waals surface area contributed by atoms with Gasteiger partial charge in [0.15, 0.2) is 0 Å². The summed E-state index contributed by atoms with van der Waals surface area (Å²) in [5.74, 6) is 1.51. The molecule has 2 atom stereocenters. The number of rotatable bonds is 3. The van der Waals surface area contributed by atoms with Crippen molar-refractivity contribution in [1.29, 1.82) is 0 Å². The molecule has 0 spiro atoms. The first-order chi connectivity index (χ1) is 10.2. The topological polar surface area (TPSA) is 74.6 Å². The maximum Gasteiger partial charge on any atom is 0.503 e. The molecule has 1 saturated carbocycles. The van der Waals surface area contributed by atoms with Crippen LogP contribution in [0.5, 0.6) is 0 Å². The van der Waals surface area contributed by atoms with Crippen molar-refractivity contribution in [3.05, 3.63) is 34.4 Å². The van der Waals surface area contributed by atoms with Crippen molar-refractivity contribution in [3.8, 4) is 0 Å². The maximum atomic E-state index is 12.3. The zero-order valence-electron chi connectivity index (χ0n) is 13.8. The lowest BCUT2D eigenvalue weighted by Gasteiger charge is -2.13. The lowest BCUT2D eigenvalue weighted by atomic mass is 9.90. The van der Waals surface area contributed by atoms with E-state index in [0.29, 0.717) is 18.1 Å². The summed E-state index contributed by atoms with van der Waals surface area (Å²) in [7, 11) is 0. The van der Waals surface area contributed by atoms with Gasteiger partial charge in [0.2, 0.25) is 0 Å². The average molecular weight is 306 g/mol. The number of carbonyl (C=O) groups is 2. The number of benzene rings is 1. The zero-order valence-corrected chi connectivity index (χ0v) is 13.8. The Labute approximate surface area is 132 Å². The highest BCUT2D eigenvalue weighted by atomic mass is 16.6. The molecule has 1 aliphatic rings. The molecule has 0 amide bonds. The van der Waals surface area contributed by atoms with Crippen LogP contribution >= 0.6 is 0 Å². The number of aryl methyl sites for hydroxylation is 3. The minimum absolute atomic E-state index is 0.320. The largest absolute Gasteiger partial charge is 0.503 e. The van der Waals surface area contributed by atoms with Crippen molar-refractivity contribution in [2.24, 2.45) is 11.8 Å². The molecule has 4 nitrogen and oxygen atoms in total. The van der Waals surface area contributed by atoms with E-state index in [4.69, 9.17) is 15.0 Å². The molecule has 0 aliphatic heterocycles. The van der Waals surface area contributed by atoms with E-state index in [1.165, 1.54) is 28.7 Å². The second-order valence-electron chi connectivity index (χ2n) is 6.42. The summed E-state index contributed by atoms with van der Waals surface area (Å²) in [6, 6.07) is 4.37. The van der Waals surface area contributed by atoms with Crippen LogP contribution in [0.1, 0.15) is 48.4 Å². The highest BCUT2D eigenvalue weighted by Gasteiger charge is 2.27. The van der Waals surface area contributed by atoms with Gasteiger partial charge in [-0.05, 0) is 62.6 Å². The summed E-state index contributed by atoms with van der Waals surface area (Å²) in [6.45, 7) is 8.62. The summed E-state index contributed by atoms with van der Waals surface area (Å²) >= 11 is 0. The first kappa shape index (κ1) is 18.2. The molecule has 1 aliphatic carbocycles. The van der Waals surface area contributed by atoms with Crippen molar-refractivity contribution in [2.75, 3.05) is 0 Å². The number of ketones is 1. The third-order valence-corrected chi connectivity index (χ3v) is 4.34. The third kappa shape index (κ3) is 5.51. The summed E-state index contributed by atoms with van der Waals surface area (Å²) in [4.78, 5) is 20.9. The van der Waals surface area contributed by atoms with Gasteiger partial charge in [0, 0.05) is 12.3 Å². The van der Waals surface area contributed by atoms with Crippen molar-refractivity contribution < 1.29 is 19.8 Å². The Kier molecular flexibility index (Phi) is 6.60. The minimum atomic E-state index is -1.83. The van der Waals surface area contributed by atoms with E-state index in [2.05, 4.69) is 39.8 Å². The van der Waals surface area contributed by atoms with Gasteiger partial charge in [0.1, 0.15) is 5.78 Å². The minimum Gasteiger partial charge on any atom is -0.450 e. The van der Waals surface area contributed by atoms with E-state index in [9.17, 15) is 4.79 Å². The number of carboxylic acid groups (broad SMARTS) is 2. The first-order valence-corrected chi connectivity index (χ1v) is 7.72. The van der Waals surface area contributed by atoms with E-state index in [-0.39, 0.29) is 0 Å². The van der Waals surface area contributed by atoms with Crippen LogP contribution in [0.2, 0.25) is 0 Å². The van der Waals surface area contributed by atoms with Gasteiger partial charge in [-0.15, -0.1) is 0 Å². The molecule has 0 radical (unpaired) electrons. The molecular formula is C18H26O4. The van der Waals surface area contributed by atoms with E-state index >= 15 is 0 Å². The molecule has 1 fully saturated rings. The molecule has 1 aromatic rings. The van der Waals surface area contributed by atoms with Crippen LogP contribution in [0.25, 0.3) is 0 Å². The Hall–Kier alpha value is -1.84. The van der Waals surface area contributed by atoms with Crippen LogP contribution in [-0.2, 0) is 11.2 Å². The second-order valence-corrected chi connectivity index (χ2v) is 6.42. The van der Waals surface area contributed by atoms with Gasteiger partial charge < -0.3 is 10.2 Å². The van der Waals surface area contributed by atoms with Gasteiger partial charge in [-0.1, -0.05) is 24.6 Å². The van der Waals surface area contributed by atoms with Crippen LogP contribution in [0.15, 0.2) is 12.1 Å². The fraction of sp³-hybridized carbons (Fsp3) is 0.556. The lowest BCUT2D eigenvalue weighted by molar-refractivity contribution is -0.122. The monoisotopic (exact) mass is 306 g/mol. The second kappa shape index (κ2) is 7.97. The van der Waals surface area contributed by atoms with Gasteiger partial charge in [-0.25, -0.2) is 4.79 Å². The number of hydrogen-bond acceptors (Lipinski definition) is 2. The Morgan fingerprint density at radius 3 is 2.00 bits per heavy atom. The van der Waals surface area contributed by atoms with Crippen LogP contribution < -0.4 is 0 Å². The Bertz CT molecular complexity index is 521. The molecule has 122 valence electrons.